The summed E-state index contributed by atoms with van der Waals surface area (Å²) < 4.78 is 5.48. The largest absolute Gasteiger partial charge is 0.480 e. The quantitative estimate of drug-likeness (QED) is 0.214. The SMILES string of the molecule is CCC(NN[C@@H](CCCNC(N)=O)C(=O)O)c1ccccc1C(=O)OC(C)(C)C. The van der Waals surface area contributed by atoms with Crippen LogP contribution in [0.25, 0.3) is 0 Å². The fourth-order valence-electron chi connectivity index (χ4n) is 2.70. The highest BCUT2D eigenvalue weighted by Crippen LogP contribution is 2.23. The summed E-state index contributed by atoms with van der Waals surface area (Å²) in [6, 6.07) is 5.27. The topological polar surface area (TPSA) is 143 Å². The maximum atomic E-state index is 12.6. The Morgan fingerprint density at radius 3 is 2.38 bits per heavy atom. The monoisotopic (exact) mass is 408 g/mol. The first-order valence-corrected chi connectivity index (χ1v) is 9.64. The van der Waals surface area contributed by atoms with Gasteiger partial charge in [0.05, 0.1) is 5.56 Å². The average molecular weight is 408 g/mol. The standard InChI is InChI=1S/C20H32N4O5/c1-5-15(23-24-16(17(25)26)11-8-12-22-19(21)28)13-9-6-7-10-14(13)18(27)29-20(2,3)4/h6-7,9-10,15-16,23-24H,5,8,11-12H2,1-4H3,(H,25,26)(H3,21,22,28)/t15?,16-/m0/s1. The van der Waals surface area contributed by atoms with Crippen molar-refractivity contribution in [1.82, 2.24) is 16.2 Å². The Bertz CT molecular complexity index is 702. The minimum Gasteiger partial charge on any atom is -0.480 e. The van der Waals surface area contributed by atoms with Crippen LogP contribution in [0, 0.1) is 0 Å². The van der Waals surface area contributed by atoms with Crippen LogP contribution < -0.4 is 21.9 Å². The van der Waals surface area contributed by atoms with Crippen molar-refractivity contribution in [3.63, 3.8) is 0 Å². The fourth-order valence-corrected chi connectivity index (χ4v) is 2.70. The zero-order valence-corrected chi connectivity index (χ0v) is 17.5. The number of nitrogens with two attached hydrogens (primary N) is 1. The minimum absolute atomic E-state index is 0.284. The van der Waals surface area contributed by atoms with Gasteiger partial charge in [-0.05, 0) is 51.7 Å². The third kappa shape index (κ3) is 8.93. The van der Waals surface area contributed by atoms with Gasteiger partial charge < -0.3 is 20.9 Å². The Morgan fingerprint density at radius 1 is 1.17 bits per heavy atom. The summed E-state index contributed by atoms with van der Waals surface area (Å²) in [5.41, 5.74) is 11.4. The molecule has 1 aromatic rings. The van der Waals surface area contributed by atoms with Crippen molar-refractivity contribution in [2.24, 2.45) is 5.73 Å². The Morgan fingerprint density at radius 2 is 1.83 bits per heavy atom. The first-order valence-electron chi connectivity index (χ1n) is 9.64. The van der Waals surface area contributed by atoms with Crippen molar-refractivity contribution in [1.29, 1.82) is 0 Å². The zero-order chi connectivity index (χ0) is 22.0. The van der Waals surface area contributed by atoms with Gasteiger partial charge in [-0.15, -0.1) is 0 Å². The number of amides is 2. The number of rotatable bonds is 11. The van der Waals surface area contributed by atoms with Gasteiger partial charge in [0.25, 0.3) is 0 Å². The molecule has 0 saturated heterocycles. The number of esters is 1. The van der Waals surface area contributed by atoms with Crippen molar-refractivity contribution in [3.8, 4) is 0 Å². The summed E-state index contributed by atoms with van der Waals surface area (Å²) in [7, 11) is 0. The van der Waals surface area contributed by atoms with E-state index < -0.39 is 29.6 Å². The minimum atomic E-state index is -1.02. The summed E-state index contributed by atoms with van der Waals surface area (Å²) in [5.74, 6) is -1.45. The van der Waals surface area contributed by atoms with E-state index in [9.17, 15) is 19.5 Å². The predicted molar refractivity (Wildman–Crippen MR) is 109 cm³/mol. The molecule has 9 heteroatoms. The Labute approximate surface area is 171 Å². The molecule has 0 heterocycles. The van der Waals surface area contributed by atoms with Crippen molar-refractivity contribution in [2.45, 2.75) is 64.6 Å². The molecule has 0 aliphatic heterocycles. The van der Waals surface area contributed by atoms with Gasteiger partial charge in [0.1, 0.15) is 11.6 Å². The van der Waals surface area contributed by atoms with E-state index in [1.165, 1.54) is 0 Å². The van der Waals surface area contributed by atoms with E-state index in [4.69, 9.17) is 10.5 Å². The number of carboxylic acid groups (broad SMARTS) is 1. The summed E-state index contributed by atoms with van der Waals surface area (Å²) >= 11 is 0. The highest BCUT2D eigenvalue weighted by atomic mass is 16.6. The summed E-state index contributed by atoms with van der Waals surface area (Å²) in [5, 5.41) is 11.8. The van der Waals surface area contributed by atoms with Gasteiger partial charge in [0, 0.05) is 12.6 Å². The van der Waals surface area contributed by atoms with E-state index in [1.807, 2.05) is 19.1 Å². The highest BCUT2D eigenvalue weighted by Gasteiger charge is 2.24. The average Bonchev–Trinajstić information content (AvgIpc) is 2.62. The molecule has 1 rings (SSSR count). The lowest BCUT2D eigenvalue weighted by atomic mass is 9.98. The van der Waals surface area contributed by atoms with Gasteiger partial charge in [0.2, 0.25) is 0 Å². The summed E-state index contributed by atoms with van der Waals surface area (Å²) in [4.78, 5) is 34.8. The Hall–Kier alpha value is -2.65. The molecule has 1 aromatic carbocycles. The lowest BCUT2D eigenvalue weighted by molar-refractivity contribution is -0.140. The first-order chi connectivity index (χ1) is 13.5. The van der Waals surface area contributed by atoms with Crippen LogP contribution in [0.3, 0.4) is 0 Å². The second-order valence-electron chi connectivity index (χ2n) is 7.66. The first kappa shape index (κ1) is 24.4. The number of urea groups is 1. The third-order valence-corrected chi connectivity index (χ3v) is 4.06. The van der Waals surface area contributed by atoms with Crippen LogP contribution in [-0.4, -0.2) is 41.3 Å². The lowest BCUT2D eigenvalue weighted by Crippen LogP contribution is -2.47. The third-order valence-electron chi connectivity index (χ3n) is 4.06. The number of carbonyl (C=O) groups is 3. The number of carboxylic acids is 1. The second kappa shape index (κ2) is 11.4. The van der Waals surface area contributed by atoms with Crippen LogP contribution in [0.4, 0.5) is 4.79 Å². The fraction of sp³-hybridized carbons (Fsp3) is 0.550. The molecular formula is C20H32N4O5. The van der Waals surface area contributed by atoms with Crippen molar-refractivity contribution < 1.29 is 24.2 Å². The van der Waals surface area contributed by atoms with Crippen LogP contribution in [0.15, 0.2) is 24.3 Å². The number of hydrogen-bond donors (Lipinski definition) is 5. The van der Waals surface area contributed by atoms with E-state index >= 15 is 0 Å². The molecule has 6 N–H and O–H groups in total. The molecule has 0 bridgehead atoms. The van der Waals surface area contributed by atoms with Gasteiger partial charge in [-0.1, -0.05) is 25.1 Å². The number of nitrogens with one attached hydrogen (secondary N) is 3. The molecular weight excluding hydrogens is 376 g/mol. The number of aliphatic carboxylic acids is 1. The van der Waals surface area contributed by atoms with Gasteiger partial charge in [-0.2, -0.15) is 0 Å². The lowest BCUT2D eigenvalue weighted by Gasteiger charge is -2.25. The van der Waals surface area contributed by atoms with E-state index in [1.54, 1.807) is 32.9 Å². The van der Waals surface area contributed by atoms with Crippen molar-refractivity contribution >= 4 is 18.0 Å². The molecule has 0 fully saturated rings. The molecule has 29 heavy (non-hydrogen) atoms. The van der Waals surface area contributed by atoms with Crippen molar-refractivity contribution in [3.05, 3.63) is 35.4 Å². The highest BCUT2D eigenvalue weighted by molar-refractivity contribution is 5.91. The Kier molecular flexibility index (Phi) is 9.57. The summed E-state index contributed by atoms with van der Waals surface area (Å²) in [6.07, 6.45) is 1.34. The van der Waals surface area contributed by atoms with Gasteiger partial charge in [-0.3, -0.25) is 4.79 Å². The Balaban J connectivity index is 2.83. The maximum absolute atomic E-state index is 12.6. The number of carbonyl (C=O) groups excluding carboxylic acids is 2. The second-order valence-corrected chi connectivity index (χ2v) is 7.66. The van der Waals surface area contributed by atoms with Crippen LogP contribution in [0.2, 0.25) is 0 Å². The smallest absolute Gasteiger partial charge is 0.338 e. The van der Waals surface area contributed by atoms with Crippen LogP contribution in [-0.2, 0) is 9.53 Å². The molecule has 0 aliphatic carbocycles. The van der Waals surface area contributed by atoms with E-state index in [0.29, 0.717) is 24.9 Å². The number of hydrazine groups is 1. The normalized spacial score (nSPS) is 13.4. The molecule has 0 aliphatic rings. The maximum Gasteiger partial charge on any atom is 0.338 e. The van der Waals surface area contributed by atoms with Crippen LogP contribution in [0.1, 0.15) is 68.9 Å². The van der Waals surface area contributed by atoms with Gasteiger partial charge >= 0.3 is 18.0 Å². The number of ether oxygens (including phenoxy) is 1. The summed E-state index contributed by atoms with van der Waals surface area (Å²) in [6.45, 7) is 7.62. The molecule has 1 unspecified atom stereocenters. The predicted octanol–water partition coefficient (Wildman–Crippen LogP) is 2.09. The van der Waals surface area contributed by atoms with E-state index in [2.05, 4.69) is 16.2 Å². The zero-order valence-electron chi connectivity index (χ0n) is 17.5. The molecule has 2 atom stereocenters. The molecule has 0 saturated carbocycles. The van der Waals surface area contributed by atoms with Crippen molar-refractivity contribution in [2.75, 3.05) is 6.54 Å². The molecule has 9 nitrogen and oxygen atoms in total. The molecule has 2 amide bonds. The van der Waals surface area contributed by atoms with E-state index in [-0.39, 0.29) is 12.5 Å². The molecule has 0 aromatic heterocycles. The van der Waals surface area contributed by atoms with Crippen LogP contribution >= 0.6 is 0 Å². The van der Waals surface area contributed by atoms with Gasteiger partial charge in [-0.25, -0.2) is 20.4 Å². The molecule has 0 spiro atoms. The molecule has 0 radical (unpaired) electrons. The molecule has 162 valence electrons. The number of primary amides is 1. The number of hydrogen-bond acceptors (Lipinski definition) is 6. The number of benzene rings is 1. The van der Waals surface area contributed by atoms with Crippen LogP contribution in [0.5, 0.6) is 0 Å². The van der Waals surface area contributed by atoms with Gasteiger partial charge in [0.15, 0.2) is 0 Å². The van der Waals surface area contributed by atoms with E-state index in [0.717, 1.165) is 5.56 Å².